The fraction of sp³-hybridized carbons (Fsp3) is 0.400. The van der Waals surface area contributed by atoms with Crippen molar-refractivity contribution in [3.8, 4) is 0 Å². The van der Waals surface area contributed by atoms with E-state index >= 15 is 0 Å². The zero-order valence-electron chi connectivity index (χ0n) is 11.0. The minimum Gasteiger partial charge on any atom is -0.463 e. The van der Waals surface area contributed by atoms with Gasteiger partial charge in [0.05, 0.1) is 11.1 Å². The highest BCUT2D eigenvalue weighted by molar-refractivity contribution is 6.06. The van der Waals surface area contributed by atoms with Gasteiger partial charge < -0.3 is 15.5 Å². The standard InChI is InChI=1S/C15H18N2O2/c1-15(9-16,10-6-7-10)17-14(18)12-8-19-13-5-3-2-4-11(12)13/h2-5,8,10H,6-7,9,16H2,1H3,(H,17,18). The van der Waals surface area contributed by atoms with Crippen molar-refractivity contribution in [2.24, 2.45) is 11.7 Å². The number of furan rings is 1. The molecule has 0 aliphatic heterocycles. The number of carbonyl (C=O) groups excluding carboxylic acids is 1. The first-order valence-corrected chi connectivity index (χ1v) is 6.63. The van der Waals surface area contributed by atoms with Crippen LogP contribution in [0.1, 0.15) is 30.1 Å². The molecule has 0 spiro atoms. The van der Waals surface area contributed by atoms with E-state index in [4.69, 9.17) is 10.2 Å². The number of nitrogens with one attached hydrogen (secondary N) is 1. The van der Waals surface area contributed by atoms with E-state index in [1.165, 1.54) is 6.26 Å². The second-order valence-electron chi connectivity index (χ2n) is 5.50. The monoisotopic (exact) mass is 258 g/mol. The van der Waals surface area contributed by atoms with Crippen molar-refractivity contribution < 1.29 is 9.21 Å². The zero-order valence-corrected chi connectivity index (χ0v) is 11.0. The summed E-state index contributed by atoms with van der Waals surface area (Å²) in [6.45, 7) is 2.48. The van der Waals surface area contributed by atoms with Crippen LogP contribution in [0.5, 0.6) is 0 Å². The zero-order chi connectivity index (χ0) is 13.5. The number of para-hydroxylation sites is 1. The first-order valence-electron chi connectivity index (χ1n) is 6.63. The molecular formula is C15H18N2O2. The van der Waals surface area contributed by atoms with Gasteiger partial charge in [-0.2, -0.15) is 0 Å². The van der Waals surface area contributed by atoms with Crippen molar-refractivity contribution in [3.05, 3.63) is 36.1 Å². The van der Waals surface area contributed by atoms with Gasteiger partial charge in [-0.3, -0.25) is 4.79 Å². The van der Waals surface area contributed by atoms with Gasteiger partial charge in [0.1, 0.15) is 11.8 Å². The van der Waals surface area contributed by atoms with E-state index in [1.807, 2.05) is 31.2 Å². The van der Waals surface area contributed by atoms with Gasteiger partial charge in [0.15, 0.2) is 0 Å². The highest BCUT2D eigenvalue weighted by atomic mass is 16.3. The number of carbonyl (C=O) groups is 1. The number of rotatable bonds is 4. The Morgan fingerprint density at radius 3 is 2.89 bits per heavy atom. The van der Waals surface area contributed by atoms with Crippen molar-refractivity contribution >= 4 is 16.9 Å². The van der Waals surface area contributed by atoms with Crippen LogP contribution >= 0.6 is 0 Å². The molecule has 3 N–H and O–H groups in total. The van der Waals surface area contributed by atoms with Crippen LogP contribution in [-0.2, 0) is 0 Å². The Bertz CT molecular complexity index is 615. The maximum absolute atomic E-state index is 12.4. The Kier molecular flexibility index (Phi) is 2.82. The predicted molar refractivity (Wildman–Crippen MR) is 73.9 cm³/mol. The Morgan fingerprint density at radius 2 is 2.21 bits per heavy atom. The van der Waals surface area contributed by atoms with Crippen LogP contribution in [0.3, 0.4) is 0 Å². The largest absolute Gasteiger partial charge is 0.463 e. The van der Waals surface area contributed by atoms with Crippen molar-refractivity contribution in [2.45, 2.75) is 25.3 Å². The molecule has 100 valence electrons. The van der Waals surface area contributed by atoms with Gasteiger partial charge in [-0.15, -0.1) is 0 Å². The quantitative estimate of drug-likeness (QED) is 0.884. The van der Waals surface area contributed by atoms with Crippen molar-refractivity contribution in [1.82, 2.24) is 5.32 Å². The number of hydrogen-bond acceptors (Lipinski definition) is 3. The molecule has 19 heavy (non-hydrogen) atoms. The van der Waals surface area contributed by atoms with Crippen LogP contribution < -0.4 is 11.1 Å². The summed E-state index contributed by atoms with van der Waals surface area (Å²) < 4.78 is 5.40. The Labute approximate surface area is 112 Å². The lowest BCUT2D eigenvalue weighted by Crippen LogP contribution is -2.53. The summed E-state index contributed by atoms with van der Waals surface area (Å²) in [6, 6.07) is 7.54. The molecule has 1 aromatic carbocycles. The normalized spacial score (nSPS) is 18.2. The Morgan fingerprint density at radius 1 is 1.47 bits per heavy atom. The average Bonchev–Trinajstić information content (AvgIpc) is 3.19. The number of benzene rings is 1. The lowest BCUT2D eigenvalue weighted by atomic mass is 9.95. The summed E-state index contributed by atoms with van der Waals surface area (Å²) in [4.78, 5) is 12.4. The smallest absolute Gasteiger partial charge is 0.255 e. The summed E-state index contributed by atoms with van der Waals surface area (Å²) in [5.41, 5.74) is 6.82. The molecule has 1 saturated carbocycles. The maximum atomic E-state index is 12.4. The average molecular weight is 258 g/mol. The van der Waals surface area contributed by atoms with Crippen LogP contribution in [-0.4, -0.2) is 18.0 Å². The second-order valence-corrected chi connectivity index (χ2v) is 5.50. The number of hydrogen-bond donors (Lipinski definition) is 2. The molecule has 1 heterocycles. The number of fused-ring (bicyclic) bond motifs is 1. The van der Waals surface area contributed by atoms with Crippen LogP contribution in [0.25, 0.3) is 11.0 Å². The van der Waals surface area contributed by atoms with Crippen molar-refractivity contribution in [3.63, 3.8) is 0 Å². The third kappa shape index (κ3) is 2.12. The third-order valence-electron chi connectivity index (χ3n) is 4.03. The van der Waals surface area contributed by atoms with E-state index in [2.05, 4.69) is 5.32 Å². The fourth-order valence-corrected chi connectivity index (χ4v) is 2.52. The molecule has 4 heteroatoms. The molecule has 1 fully saturated rings. The molecule has 0 saturated heterocycles. The molecular weight excluding hydrogens is 240 g/mol. The van der Waals surface area contributed by atoms with E-state index in [-0.39, 0.29) is 11.4 Å². The van der Waals surface area contributed by atoms with Crippen LogP contribution in [0, 0.1) is 5.92 Å². The SMILES string of the molecule is CC(CN)(NC(=O)c1coc2ccccc12)C1CC1. The lowest BCUT2D eigenvalue weighted by Gasteiger charge is -2.29. The van der Waals surface area contributed by atoms with Gasteiger partial charge >= 0.3 is 0 Å². The van der Waals surface area contributed by atoms with Crippen molar-refractivity contribution in [2.75, 3.05) is 6.54 Å². The molecule has 1 aliphatic carbocycles. The second kappa shape index (κ2) is 4.38. The molecule has 0 radical (unpaired) electrons. The summed E-state index contributed by atoms with van der Waals surface area (Å²) in [7, 11) is 0. The first kappa shape index (κ1) is 12.2. The molecule has 1 aliphatic rings. The topological polar surface area (TPSA) is 68.3 Å². The summed E-state index contributed by atoms with van der Waals surface area (Å²) >= 11 is 0. The Balaban J connectivity index is 1.87. The number of amides is 1. The van der Waals surface area contributed by atoms with Gasteiger partial charge in [0.2, 0.25) is 0 Å². The molecule has 3 rings (SSSR count). The van der Waals surface area contributed by atoms with Crippen molar-refractivity contribution in [1.29, 1.82) is 0 Å². The van der Waals surface area contributed by atoms with E-state index in [0.717, 1.165) is 23.8 Å². The van der Waals surface area contributed by atoms with Crippen LogP contribution in [0.4, 0.5) is 0 Å². The fourth-order valence-electron chi connectivity index (χ4n) is 2.52. The van der Waals surface area contributed by atoms with Gasteiger partial charge in [0.25, 0.3) is 5.91 Å². The molecule has 1 unspecified atom stereocenters. The summed E-state index contributed by atoms with van der Waals surface area (Å²) in [5, 5.41) is 3.92. The lowest BCUT2D eigenvalue weighted by molar-refractivity contribution is 0.0898. The van der Waals surface area contributed by atoms with Gasteiger partial charge in [-0.25, -0.2) is 0 Å². The van der Waals surface area contributed by atoms with Gasteiger partial charge in [-0.1, -0.05) is 18.2 Å². The minimum absolute atomic E-state index is 0.107. The summed E-state index contributed by atoms with van der Waals surface area (Å²) in [5.74, 6) is 0.393. The van der Waals surface area contributed by atoms with Gasteiger partial charge in [-0.05, 0) is 31.7 Å². The minimum atomic E-state index is -0.310. The number of nitrogens with two attached hydrogens (primary N) is 1. The molecule has 1 aromatic heterocycles. The van der Waals surface area contributed by atoms with E-state index in [9.17, 15) is 4.79 Å². The van der Waals surface area contributed by atoms with E-state index in [1.54, 1.807) is 0 Å². The molecule has 0 bridgehead atoms. The third-order valence-corrected chi connectivity index (χ3v) is 4.03. The molecule has 1 atom stereocenters. The first-order chi connectivity index (χ1) is 9.14. The highest BCUT2D eigenvalue weighted by Crippen LogP contribution is 2.39. The molecule has 2 aromatic rings. The van der Waals surface area contributed by atoms with E-state index in [0.29, 0.717) is 18.0 Å². The van der Waals surface area contributed by atoms with Gasteiger partial charge in [0, 0.05) is 11.9 Å². The Hall–Kier alpha value is -1.81. The van der Waals surface area contributed by atoms with Crippen LogP contribution in [0.15, 0.2) is 34.9 Å². The predicted octanol–water partition coefficient (Wildman–Crippen LogP) is 2.29. The molecule has 1 amide bonds. The molecule has 4 nitrogen and oxygen atoms in total. The maximum Gasteiger partial charge on any atom is 0.255 e. The van der Waals surface area contributed by atoms with E-state index < -0.39 is 0 Å². The summed E-state index contributed by atoms with van der Waals surface area (Å²) in [6.07, 6.45) is 3.80. The van der Waals surface area contributed by atoms with Crippen LogP contribution in [0.2, 0.25) is 0 Å². The highest BCUT2D eigenvalue weighted by Gasteiger charge is 2.41.